The molecular weight excluding hydrogens is 402 g/mol. The van der Waals surface area contributed by atoms with Gasteiger partial charge in [0, 0.05) is 39.3 Å². The van der Waals surface area contributed by atoms with E-state index in [0.29, 0.717) is 43.9 Å². The van der Waals surface area contributed by atoms with Crippen LogP contribution in [0.25, 0.3) is 5.57 Å². The van der Waals surface area contributed by atoms with Gasteiger partial charge >= 0.3 is 0 Å². The van der Waals surface area contributed by atoms with E-state index in [1.165, 1.54) is 4.90 Å². The van der Waals surface area contributed by atoms with E-state index in [-0.39, 0.29) is 18.4 Å². The molecule has 32 heavy (non-hydrogen) atoms. The third-order valence-corrected chi connectivity index (χ3v) is 6.37. The first kappa shape index (κ1) is 22.2. The molecule has 0 aliphatic carbocycles. The molecule has 2 aromatic rings. The number of aliphatic hydroxyl groups is 1. The van der Waals surface area contributed by atoms with Crippen LogP contribution in [0.2, 0.25) is 0 Å². The van der Waals surface area contributed by atoms with Crippen LogP contribution in [-0.2, 0) is 16.0 Å². The van der Waals surface area contributed by atoms with Crippen molar-refractivity contribution in [2.75, 3.05) is 45.9 Å². The van der Waals surface area contributed by atoms with Crippen LogP contribution in [-0.4, -0.2) is 77.5 Å². The van der Waals surface area contributed by atoms with E-state index in [2.05, 4.69) is 15.9 Å². The molecule has 6 heteroatoms. The molecule has 0 bridgehead atoms. The molecule has 0 atom stereocenters. The third-order valence-electron chi connectivity index (χ3n) is 6.37. The number of carbonyl (C=O) groups is 2. The number of piperazine rings is 1. The summed E-state index contributed by atoms with van der Waals surface area (Å²) in [5.74, 6) is -0.401. The van der Waals surface area contributed by atoms with Crippen LogP contribution in [0.15, 0.2) is 54.2 Å². The summed E-state index contributed by atoms with van der Waals surface area (Å²) in [6.45, 7) is 7.99. The Morgan fingerprint density at radius 1 is 0.875 bits per heavy atom. The fraction of sp³-hybridized carbons (Fsp3) is 0.385. The maximum atomic E-state index is 13.6. The van der Waals surface area contributed by atoms with E-state index in [9.17, 15) is 14.7 Å². The lowest BCUT2D eigenvalue weighted by Gasteiger charge is -2.36. The predicted octanol–water partition coefficient (Wildman–Crippen LogP) is 2.24. The lowest BCUT2D eigenvalue weighted by molar-refractivity contribution is -0.137. The number of nitrogens with zero attached hydrogens (tertiary/aromatic N) is 3. The molecule has 2 aliphatic heterocycles. The lowest BCUT2D eigenvalue weighted by Crippen LogP contribution is -2.48. The second-order valence-electron chi connectivity index (χ2n) is 8.59. The summed E-state index contributed by atoms with van der Waals surface area (Å²) in [7, 11) is 0. The van der Waals surface area contributed by atoms with Gasteiger partial charge in [-0.1, -0.05) is 54.1 Å². The molecule has 0 radical (unpaired) electrons. The molecule has 0 saturated carbocycles. The number of aryl methyl sites for hydroxylation is 2. The van der Waals surface area contributed by atoms with Crippen molar-refractivity contribution in [2.45, 2.75) is 20.3 Å². The first-order valence-corrected chi connectivity index (χ1v) is 11.3. The highest BCUT2D eigenvalue weighted by Crippen LogP contribution is 2.34. The van der Waals surface area contributed by atoms with Gasteiger partial charge in [-0.25, -0.2) is 0 Å². The smallest absolute Gasteiger partial charge is 0.277 e. The predicted molar refractivity (Wildman–Crippen MR) is 125 cm³/mol. The van der Waals surface area contributed by atoms with E-state index in [0.717, 1.165) is 35.3 Å². The van der Waals surface area contributed by atoms with E-state index >= 15 is 0 Å². The van der Waals surface area contributed by atoms with E-state index in [1.807, 2.05) is 56.3 Å². The van der Waals surface area contributed by atoms with Crippen LogP contribution in [0.4, 0.5) is 0 Å². The van der Waals surface area contributed by atoms with Crippen LogP contribution in [0, 0.1) is 13.8 Å². The van der Waals surface area contributed by atoms with Gasteiger partial charge in [0.2, 0.25) is 0 Å². The molecule has 1 fully saturated rings. The number of hydrogen-bond acceptors (Lipinski definition) is 5. The molecular formula is C26H31N3O3. The van der Waals surface area contributed by atoms with Gasteiger partial charge in [-0.2, -0.15) is 0 Å². The Morgan fingerprint density at radius 2 is 1.59 bits per heavy atom. The minimum atomic E-state index is -0.203. The average Bonchev–Trinajstić information content (AvgIpc) is 3.03. The van der Waals surface area contributed by atoms with Crippen LogP contribution in [0.1, 0.15) is 22.3 Å². The maximum Gasteiger partial charge on any atom is 0.277 e. The number of amides is 2. The van der Waals surface area contributed by atoms with Gasteiger partial charge in [-0.05, 0) is 37.0 Å². The zero-order chi connectivity index (χ0) is 22.7. The van der Waals surface area contributed by atoms with Crippen molar-refractivity contribution in [3.05, 3.63) is 76.5 Å². The Balaban J connectivity index is 1.65. The minimum absolute atomic E-state index is 0.126. The largest absolute Gasteiger partial charge is 0.395 e. The van der Waals surface area contributed by atoms with Gasteiger partial charge in [-0.3, -0.25) is 19.4 Å². The van der Waals surface area contributed by atoms with Gasteiger partial charge in [0.1, 0.15) is 5.70 Å². The zero-order valence-corrected chi connectivity index (χ0v) is 18.9. The summed E-state index contributed by atoms with van der Waals surface area (Å²) in [5.41, 5.74) is 5.12. The molecule has 2 amide bonds. The van der Waals surface area contributed by atoms with Crippen molar-refractivity contribution in [1.82, 2.24) is 14.7 Å². The fourth-order valence-corrected chi connectivity index (χ4v) is 4.62. The molecule has 0 spiro atoms. The molecule has 2 heterocycles. The Morgan fingerprint density at radius 3 is 2.25 bits per heavy atom. The minimum Gasteiger partial charge on any atom is -0.395 e. The monoisotopic (exact) mass is 433 g/mol. The van der Waals surface area contributed by atoms with Crippen molar-refractivity contribution < 1.29 is 14.7 Å². The number of rotatable bonds is 7. The average molecular weight is 434 g/mol. The topological polar surface area (TPSA) is 64.1 Å². The van der Waals surface area contributed by atoms with Crippen molar-refractivity contribution in [1.29, 1.82) is 0 Å². The number of carbonyl (C=O) groups excluding carboxylic acids is 2. The summed E-state index contributed by atoms with van der Waals surface area (Å²) in [6, 6.07) is 16.0. The summed E-state index contributed by atoms with van der Waals surface area (Å²) >= 11 is 0. The van der Waals surface area contributed by atoms with Crippen LogP contribution in [0.3, 0.4) is 0 Å². The number of aliphatic hydroxyl groups excluding tert-OH is 1. The van der Waals surface area contributed by atoms with E-state index in [4.69, 9.17) is 0 Å². The standard InChI is InChI=1S/C26H31N3O3/c1-19-8-9-22(20(2)18-19)23-24(28-14-12-27(13-15-28)16-17-30)26(32)29(25(23)31)11-10-21-6-4-3-5-7-21/h3-9,18,30H,10-17H2,1-2H3. The van der Waals surface area contributed by atoms with Gasteiger partial charge in [-0.15, -0.1) is 0 Å². The normalized spacial score (nSPS) is 17.6. The number of hydrogen-bond donors (Lipinski definition) is 1. The summed E-state index contributed by atoms with van der Waals surface area (Å²) in [6.07, 6.45) is 0.635. The second-order valence-corrected chi connectivity index (χ2v) is 8.59. The molecule has 1 N–H and O–H groups in total. The maximum absolute atomic E-state index is 13.6. The van der Waals surface area contributed by atoms with Gasteiger partial charge < -0.3 is 10.0 Å². The third kappa shape index (κ3) is 4.47. The van der Waals surface area contributed by atoms with Crippen LogP contribution < -0.4 is 0 Å². The van der Waals surface area contributed by atoms with Crippen molar-refractivity contribution in [2.24, 2.45) is 0 Å². The quantitative estimate of drug-likeness (QED) is 0.679. The second kappa shape index (κ2) is 9.67. The van der Waals surface area contributed by atoms with Crippen molar-refractivity contribution in [3.63, 3.8) is 0 Å². The number of benzene rings is 2. The summed E-state index contributed by atoms with van der Waals surface area (Å²) < 4.78 is 0. The molecule has 0 aromatic heterocycles. The molecule has 2 aromatic carbocycles. The highest BCUT2D eigenvalue weighted by atomic mass is 16.3. The lowest BCUT2D eigenvalue weighted by atomic mass is 9.97. The SMILES string of the molecule is Cc1ccc(C2=C(N3CCN(CCO)CC3)C(=O)N(CCc3ccccc3)C2=O)c(C)c1. The first-order valence-electron chi connectivity index (χ1n) is 11.3. The molecule has 4 rings (SSSR count). The summed E-state index contributed by atoms with van der Waals surface area (Å²) in [5, 5.41) is 9.23. The molecule has 168 valence electrons. The number of β-amino-alcohol motifs (C(OH)–C–C–N with tert-alkyl or cyclic N) is 1. The van der Waals surface area contributed by atoms with Gasteiger partial charge in [0.05, 0.1) is 12.2 Å². The Kier molecular flexibility index (Phi) is 6.72. The van der Waals surface area contributed by atoms with E-state index in [1.54, 1.807) is 0 Å². The first-order chi connectivity index (χ1) is 15.5. The zero-order valence-electron chi connectivity index (χ0n) is 18.9. The fourth-order valence-electron chi connectivity index (χ4n) is 4.62. The van der Waals surface area contributed by atoms with Gasteiger partial charge in [0.15, 0.2) is 0 Å². The molecule has 6 nitrogen and oxygen atoms in total. The van der Waals surface area contributed by atoms with Crippen molar-refractivity contribution in [3.8, 4) is 0 Å². The molecule has 1 saturated heterocycles. The Labute approximate surface area is 189 Å². The highest BCUT2D eigenvalue weighted by Gasteiger charge is 2.42. The number of imide groups is 1. The van der Waals surface area contributed by atoms with Gasteiger partial charge in [0.25, 0.3) is 11.8 Å². The van der Waals surface area contributed by atoms with Crippen molar-refractivity contribution >= 4 is 17.4 Å². The van der Waals surface area contributed by atoms with E-state index < -0.39 is 0 Å². The Hall–Kier alpha value is -2.96. The summed E-state index contributed by atoms with van der Waals surface area (Å²) in [4.78, 5) is 32.8. The van der Waals surface area contributed by atoms with Crippen LogP contribution in [0.5, 0.6) is 0 Å². The Bertz CT molecular complexity index is 1020. The van der Waals surface area contributed by atoms with Crippen LogP contribution >= 0.6 is 0 Å². The molecule has 2 aliphatic rings. The highest BCUT2D eigenvalue weighted by molar-refractivity contribution is 6.35. The molecule has 0 unspecified atom stereocenters.